The Labute approximate surface area is 194 Å². The van der Waals surface area contributed by atoms with E-state index < -0.39 is 0 Å². The highest BCUT2D eigenvalue weighted by molar-refractivity contribution is 5.79. The van der Waals surface area contributed by atoms with Gasteiger partial charge in [-0.1, -0.05) is 30.3 Å². The predicted octanol–water partition coefficient (Wildman–Crippen LogP) is 2.33. The van der Waals surface area contributed by atoms with Crippen LogP contribution < -0.4 is 10.6 Å². The van der Waals surface area contributed by atoms with Crippen LogP contribution in [0, 0.1) is 0 Å². The molecule has 0 aliphatic carbocycles. The van der Waals surface area contributed by atoms with Crippen LogP contribution in [0.5, 0.6) is 0 Å². The SMILES string of the molecule is CCNC(=NCC(C)N1CCOCC1)NCCCOC1CCN(Cc2ccccc2)CC1. The number of guanidine groups is 1. The van der Waals surface area contributed by atoms with Crippen molar-refractivity contribution in [1.29, 1.82) is 0 Å². The fourth-order valence-electron chi connectivity index (χ4n) is 4.30. The van der Waals surface area contributed by atoms with Crippen molar-refractivity contribution in [3.05, 3.63) is 35.9 Å². The first-order chi connectivity index (χ1) is 15.7. The van der Waals surface area contributed by atoms with E-state index in [-0.39, 0.29) is 0 Å². The summed E-state index contributed by atoms with van der Waals surface area (Å²) in [6.07, 6.45) is 3.65. The quantitative estimate of drug-likeness (QED) is 0.310. The Morgan fingerprint density at radius 1 is 1.12 bits per heavy atom. The van der Waals surface area contributed by atoms with Gasteiger partial charge in [0, 0.05) is 58.5 Å². The minimum atomic E-state index is 0.401. The molecule has 0 bridgehead atoms. The maximum atomic E-state index is 6.16. The maximum absolute atomic E-state index is 6.16. The van der Waals surface area contributed by atoms with Crippen LogP contribution >= 0.6 is 0 Å². The Kier molecular flexibility index (Phi) is 11.3. The molecule has 0 aromatic heterocycles. The fourth-order valence-corrected chi connectivity index (χ4v) is 4.30. The molecule has 0 amide bonds. The normalized spacial score (nSPS) is 20.2. The van der Waals surface area contributed by atoms with Gasteiger partial charge in [0.15, 0.2) is 5.96 Å². The lowest BCUT2D eigenvalue weighted by molar-refractivity contribution is 0.00534. The topological polar surface area (TPSA) is 61.4 Å². The van der Waals surface area contributed by atoms with Crippen molar-refractivity contribution in [2.24, 2.45) is 4.99 Å². The Hall–Kier alpha value is -1.67. The van der Waals surface area contributed by atoms with Crippen molar-refractivity contribution in [2.45, 2.75) is 51.8 Å². The van der Waals surface area contributed by atoms with E-state index >= 15 is 0 Å². The van der Waals surface area contributed by atoms with E-state index in [1.54, 1.807) is 0 Å². The Balaban J connectivity index is 1.26. The smallest absolute Gasteiger partial charge is 0.191 e. The number of hydrogen-bond donors (Lipinski definition) is 2. The largest absolute Gasteiger partial charge is 0.379 e. The molecule has 32 heavy (non-hydrogen) atoms. The summed E-state index contributed by atoms with van der Waals surface area (Å²) in [6.45, 7) is 14.7. The van der Waals surface area contributed by atoms with Crippen LogP contribution in [0.2, 0.25) is 0 Å². The van der Waals surface area contributed by atoms with Crippen molar-refractivity contribution < 1.29 is 9.47 Å². The van der Waals surface area contributed by atoms with E-state index in [1.807, 2.05) is 0 Å². The van der Waals surface area contributed by atoms with E-state index in [1.165, 1.54) is 5.56 Å². The minimum absolute atomic E-state index is 0.401. The van der Waals surface area contributed by atoms with Gasteiger partial charge in [0.1, 0.15) is 0 Å². The third-order valence-electron chi connectivity index (χ3n) is 6.28. The number of hydrogen-bond acceptors (Lipinski definition) is 5. The van der Waals surface area contributed by atoms with E-state index in [2.05, 4.69) is 64.6 Å². The van der Waals surface area contributed by atoms with Crippen LogP contribution in [-0.4, -0.2) is 93.5 Å². The molecule has 2 aliphatic rings. The van der Waals surface area contributed by atoms with Crippen LogP contribution in [0.25, 0.3) is 0 Å². The lowest BCUT2D eigenvalue weighted by Crippen LogP contribution is -2.44. The van der Waals surface area contributed by atoms with Gasteiger partial charge < -0.3 is 20.1 Å². The Morgan fingerprint density at radius 2 is 1.88 bits per heavy atom. The van der Waals surface area contributed by atoms with Gasteiger partial charge in [-0.05, 0) is 38.7 Å². The van der Waals surface area contributed by atoms with Crippen molar-refractivity contribution in [1.82, 2.24) is 20.4 Å². The molecule has 1 aromatic rings. The zero-order valence-corrected chi connectivity index (χ0v) is 20.1. The molecular formula is C25H43N5O2. The van der Waals surface area contributed by atoms with E-state index in [0.29, 0.717) is 12.1 Å². The van der Waals surface area contributed by atoms with Gasteiger partial charge in [0.2, 0.25) is 0 Å². The number of nitrogens with zero attached hydrogens (tertiary/aromatic N) is 3. The van der Waals surface area contributed by atoms with E-state index in [0.717, 1.165) is 97.4 Å². The van der Waals surface area contributed by atoms with Gasteiger partial charge >= 0.3 is 0 Å². The maximum Gasteiger partial charge on any atom is 0.191 e. The molecule has 2 heterocycles. The summed E-state index contributed by atoms with van der Waals surface area (Å²) in [7, 11) is 0. The molecule has 0 radical (unpaired) electrons. The summed E-state index contributed by atoms with van der Waals surface area (Å²) in [5.41, 5.74) is 1.40. The number of morpholine rings is 1. The average Bonchev–Trinajstić information content (AvgIpc) is 2.84. The molecule has 1 unspecified atom stereocenters. The highest BCUT2D eigenvalue weighted by Gasteiger charge is 2.19. The minimum Gasteiger partial charge on any atom is -0.379 e. The van der Waals surface area contributed by atoms with E-state index in [9.17, 15) is 0 Å². The lowest BCUT2D eigenvalue weighted by atomic mass is 10.1. The van der Waals surface area contributed by atoms with Crippen LogP contribution in [0.1, 0.15) is 38.7 Å². The molecule has 0 spiro atoms. The molecule has 180 valence electrons. The Bertz CT molecular complexity index is 643. The number of ether oxygens (including phenoxy) is 2. The number of rotatable bonds is 11. The summed E-state index contributed by atoms with van der Waals surface area (Å²) >= 11 is 0. The number of aliphatic imine (C=N–C) groups is 1. The summed E-state index contributed by atoms with van der Waals surface area (Å²) < 4.78 is 11.6. The van der Waals surface area contributed by atoms with Gasteiger partial charge in [-0.15, -0.1) is 0 Å². The second kappa shape index (κ2) is 14.5. The molecule has 2 aliphatic heterocycles. The van der Waals surface area contributed by atoms with Crippen LogP contribution in [-0.2, 0) is 16.0 Å². The van der Waals surface area contributed by atoms with Crippen LogP contribution in [0.15, 0.2) is 35.3 Å². The number of piperidine rings is 1. The standard InChI is InChI=1S/C25H43N5O2/c1-3-26-25(28-20-22(2)30-15-18-31-19-16-30)27-12-7-17-32-24-10-13-29(14-11-24)21-23-8-5-4-6-9-23/h4-6,8-9,22,24H,3,7,10-21H2,1-2H3,(H2,26,27,28). The predicted molar refractivity (Wildman–Crippen MR) is 131 cm³/mol. The van der Waals surface area contributed by atoms with Crippen molar-refractivity contribution in [3.8, 4) is 0 Å². The van der Waals surface area contributed by atoms with Crippen LogP contribution in [0.3, 0.4) is 0 Å². The van der Waals surface area contributed by atoms with Gasteiger partial charge in [-0.3, -0.25) is 14.8 Å². The number of benzene rings is 1. The second-order valence-corrected chi connectivity index (χ2v) is 8.83. The number of likely N-dealkylation sites (tertiary alicyclic amines) is 1. The Morgan fingerprint density at radius 3 is 2.59 bits per heavy atom. The van der Waals surface area contributed by atoms with E-state index in [4.69, 9.17) is 14.5 Å². The highest BCUT2D eigenvalue weighted by Crippen LogP contribution is 2.16. The van der Waals surface area contributed by atoms with Crippen LogP contribution in [0.4, 0.5) is 0 Å². The van der Waals surface area contributed by atoms with Crippen molar-refractivity contribution >= 4 is 5.96 Å². The number of nitrogens with one attached hydrogen (secondary N) is 2. The fraction of sp³-hybridized carbons (Fsp3) is 0.720. The van der Waals surface area contributed by atoms with Gasteiger partial charge in [-0.2, -0.15) is 0 Å². The molecule has 0 saturated carbocycles. The molecule has 3 rings (SSSR count). The third-order valence-corrected chi connectivity index (χ3v) is 6.28. The molecule has 2 N–H and O–H groups in total. The first kappa shape index (κ1) is 25.0. The summed E-state index contributed by atoms with van der Waals surface area (Å²) in [6, 6.07) is 11.2. The van der Waals surface area contributed by atoms with Crippen molar-refractivity contribution in [2.75, 3.05) is 65.6 Å². The zero-order valence-electron chi connectivity index (χ0n) is 20.1. The summed E-state index contributed by atoms with van der Waals surface area (Å²) in [5.74, 6) is 0.904. The molecule has 7 heteroatoms. The molecule has 2 fully saturated rings. The molecular weight excluding hydrogens is 402 g/mol. The molecule has 1 aromatic carbocycles. The first-order valence-electron chi connectivity index (χ1n) is 12.5. The first-order valence-corrected chi connectivity index (χ1v) is 12.5. The van der Waals surface area contributed by atoms with Gasteiger partial charge in [0.05, 0.1) is 25.9 Å². The molecule has 2 saturated heterocycles. The highest BCUT2D eigenvalue weighted by atomic mass is 16.5. The van der Waals surface area contributed by atoms with Crippen molar-refractivity contribution in [3.63, 3.8) is 0 Å². The molecule has 1 atom stereocenters. The second-order valence-electron chi connectivity index (χ2n) is 8.83. The lowest BCUT2D eigenvalue weighted by Gasteiger charge is -2.32. The molecule has 7 nitrogen and oxygen atoms in total. The summed E-state index contributed by atoms with van der Waals surface area (Å²) in [5, 5.41) is 6.81. The summed E-state index contributed by atoms with van der Waals surface area (Å²) in [4.78, 5) is 9.77. The third kappa shape index (κ3) is 9.06. The van der Waals surface area contributed by atoms with Gasteiger partial charge in [-0.25, -0.2) is 0 Å². The average molecular weight is 446 g/mol. The van der Waals surface area contributed by atoms with Gasteiger partial charge in [0.25, 0.3) is 0 Å². The monoisotopic (exact) mass is 445 g/mol. The zero-order chi connectivity index (χ0) is 22.4.